The molecule has 27 heavy (non-hydrogen) atoms. The number of piperazine rings is 1. The molecule has 9 heteroatoms. The molecule has 2 aliphatic heterocycles. The predicted molar refractivity (Wildman–Crippen MR) is 93.0 cm³/mol. The van der Waals surface area contributed by atoms with Crippen LogP contribution in [0.15, 0.2) is 35.4 Å². The van der Waals surface area contributed by atoms with Crippen LogP contribution in [0.25, 0.3) is 0 Å². The van der Waals surface area contributed by atoms with Crippen molar-refractivity contribution in [3.63, 3.8) is 0 Å². The average molecular weight is 382 g/mol. The number of hydrogen-bond acceptors (Lipinski definition) is 4. The first-order chi connectivity index (χ1) is 12.8. The van der Waals surface area contributed by atoms with Gasteiger partial charge >= 0.3 is 6.18 Å². The summed E-state index contributed by atoms with van der Waals surface area (Å²) in [6, 6.07) is 9.65. The summed E-state index contributed by atoms with van der Waals surface area (Å²) in [6.45, 7) is 1.80. The summed E-state index contributed by atoms with van der Waals surface area (Å²) in [4.78, 5) is 27.1. The van der Waals surface area contributed by atoms with Crippen LogP contribution in [0.4, 0.5) is 13.2 Å². The lowest BCUT2D eigenvalue weighted by Gasteiger charge is -2.34. The van der Waals surface area contributed by atoms with E-state index < -0.39 is 18.5 Å². The van der Waals surface area contributed by atoms with E-state index in [1.54, 1.807) is 0 Å². The first kappa shape index (κ1) is 19.3. The first-order valence-electron chi connectivity index (χ1n) is 8.82. The van der Waals surface area contributed by atoms with Crippen molar-refractivity contribution in [3.8, 4) is 0 Å². The molecule has 6 nitrogen and oxygen atoms in total. The van der Waals surface area contributed by atoms with E-state index in [2.05, 4.69) is 5.10 Å². The monoisotopic (exact) mass is 382 g/mol. The highest BCUT2D eigenvalue weighted by Gasteiger charge is 2.34. The Labute approximate surface area is 155 Å². The number of carbonyl (C=O) groups excluding carboxylic acids is 2. The molecule has 0 aliphatic carbocycles. The molecular formula is C18H21F3N4O2. The van der Waals surface area contributed by atoms with E-state index in [0.29, 0.717) is 26.1 Å². The highest BCUT2D eigenvalue weighted by Crippen LogP contribution is 2.21. The standard InChI is InChI=1S/C18H21F3N4O2/c19-18(20,21)12-16(26)24-10-8-23(9-11-24)13-17(27)25-7-6-15(22-25)14-4-2-1-3-5-14/h1-5H,6-13H2. The largest absolute Gasteiger partial charge is 0.397 e. The van der Waals surface area contributed by atoms with Crippen LogP contribution in [0.1, 0.15) is 18.4 Å². The Kier molecular flexibility index (Phi) is 5.79. The third-order valence-electron chi connectivity index (χ3n) is 4.63. The van der Waals surface area contributed by atoms with Crippen LogP contribution in [-0.4, -0.2) is 77.8 Å². The Hall–Kier alpha value is -2.42. The van der Waals surface area contributed by atoms with Crippen molar-refractivity contribution < 1.29 is 22.8 Å². The third kappa shape index (κ3) is 5.29. The van der Waals surface area contributed by atoms with Gasteiger partial charge in [-0.25, -0.2) is 5.01 Å². The van der Waals surface area contributed by atoms with Gasteiger partial charge in [-0.05, 0) is 5.56 Å². The lowest BCUT2D eigenvalue weighted by atomic mass is 10.1. The molecule has 1 aromatic carbocycles. The van der Waals surface area contributed by atoms with Crippen molar-refractivity contribution in [2.24, 2.45) is 5.10 Å². The lowest BCUT2D eigenvalue weighted by molar-refractivity contribution is -0.162. The van der Waals surface area contributed by atoms with Gasteiger partial charge in [-0.3, -0.25) is 14.5 Å². The molecule has 2 heterocycles. The number of hydrogen-bond donors (Lipinski definition) is 0. The molecule has 146 valence electrons. The fourth-order valence-electron chi connectivity index (χ4n) is 3.18. The molecule has 0 N–H and O–H groups in total. The number of hydrazone groups is 1. The SMILES string of the molecule is O=C(CC(F)(F)F)N1CCN(CC(=O)N2CCC(c3ccccc3)=N2)CC1. The molecule has 0 unspecified atom stereocenters. The Morgan fingerprint density at radius 2 is 1.63 bits per heavy atom. The molecule has 3 rings (SSSR count). The molecule has 0 bridgehead atoms. The van der Waals surface area contributed by atoms with Gasteiger partial charge in [-0.15, -0.1) is 0 Å². The fourth-order valence-corrected chi connectivity index (χ4v) is 3.18. The van der Waals surface area contributed by atoms with Crippen molar-refractivity contribution in [2.75, 3.05) is 39.3 Å². The summed E-state index contributed by atoms with van der Waals surface area (Å²) in [5.41, 5.74) is 1.86. The summed E-state index contributed by atoms with van der Waals surface area (Å²) < 4.78 is 36.9. The van der Waals surface area contributed by atoms with Crippen LogP contribution in [-0.2, 0) is 9.59 Å². The van der Waals surface area contributed by atoms with E-state index in [0.717, 1.165) is 11.3 Å². The Morgan fingerprint density at radius 1 is 0.963 bits per heavy atom. The van der Waals surface area contributed by atoms with Gasteiger partial charge in [0.1, 0.15) is 6.42 Å². The van der Waals surface area contributed by atoms with E-state index in [9.17, 15) is 22.8 Å². The maximum atomic E-state index is 12.4. The van der Waals surface area contributed by atoms with Crippen LogP contribution < -0.4 is 0 Å². The number of halogens is 3. The van der Waals surface area contributed by atoms with Gasteiger partial charge in [0.15, 0.2) is 0 Å². The second-order valence-electron chi connectivity index (χ2n) is 6.63. The maximum absolute atomic E-state index is 12.4. The molecular weight excluding hydrogens is 361 g/mol. The summed E-state index contributed by atoms with van der Waals surface area (Å²) in [5.74, 6) is -1.05. The normalized spacial score (nSPS) is 18.6. The average Bonchev–Trinajstić information content (AvgIpc) is 3.12. The Bertz CT molecular complexity index is 713. The van der Waals surface area contributed by atoms with Crippen LogP contribution in [0.3, 0.4) is 0 Å². The number of rotatable bonds is 4. The molecule has 0 radical (unpaired) electrons. The van der Waals surface area contributed by atoms with Crippen molar-refractivity contribution in [2.45, 2.75) is 19.0 Å². The van der Waals surface area contributed by atoms with Crippen LogP contribution >= 0.6 is 0 Å². The smallest absolute Gasteiger partial charge is 0.340 e. The minimum absolute atomic E-state index is 0.143. The summed E-state index contributed by atoms with van der Waals surface area (Å²) in [6.07, 6.45) is -5.24. The fraction of sp³-hybridized carbons (Fsp3) is 0.500. The molecule has 0 spiro atoms. The van der Waals surface area contributed by atoms with Crippen molar-refractivity contribution >= 4 is 17.5 Å². The van der Waals surface area contributed by atoms with Crippen LogP contribution in [0.2, 0.25) is 0 Å². The highest BCUT2D eigenvalue weighted by atomic mass is 19.4. The Balaban J connectivity index is 1.47. The zero-order chi connectivity index (χ0) is 19.4. The predicted octanol–water partition coefficient (Wildman–Crippen LogP) is 1.72. The summed E-state index contributed by atoms with van der Waals surface area (Å²) in [7, 11) is 0. The number of nitrogens with zero attached hydrogens (tertiary/aromatic N) is 4. The van der Waals surface area contributed by atoms with Gasteiger partial charge in [0, 0.05) is 32.6 Å². The van der Waals surface area contributed by atoms with Gasteiger partial charge in [0.25, 0.3) is 5.91 Å². The van der Waals surface area contributed by atoms with Gasteiger partial charge in [0.2, 0.25) is 5.91 Å². The minimum Gasteiger partial charge on any atom is -0.340 e. The van der Waals surface area contributed by atoms with Crippen LogP contribution in [0.5, 0.6) is 0 Å². The highest BCUT2D eigenvalue weighted by molar-refractivity contribution is 6.02. The maximum Gasteiger partial charge on any atom is 0.397 e. The van der Waals surface area contributed by atoms with E-state index >= 15 is 0 Å². The molecule has 1 aromatic rings. The van der Waals surface area contributed by atoms with Crippen molar-refractivity contribution in [1.82, 2.24) is 14.8 Å². The molecule has 0 aromatic heterocycles. The molecule has 1 saturated heterocycles. The molecule has 2 aliphatic rings. The number of benzene rings is 1. The minimum atomic E-state index is -4.49. The molecule has 0 saturated carbocycles. The molecule has 0 atom stereocenters. The van der Waals surface area contributed by atoms with E-state index in [1.165, 1.54) is 9.91 Å². The summed E-state index contributed by atoms with van der Waals surface area (Å²) >= 11 is 0. The van der Waals surface area contributed by atoms with Crippen molar-refractivity contribution in [3.05, 3.63) is 35.9 Å². The van der Waals surface area contributed by atoms with Gasteiger partial charge < -0.3 is 4.90 Å². The third-order valence-corrected chi connectivity index (χ3v) is 4.63. The molecule has 2 amide bonds. The van der Waals surface area contributed by atoms with Gasteiger partial charge in [-0.2, -0.15) is 18.3 Å². The van der Waals surface area contributed by atoms with E-state index in [1.807, 2.05) is 35.2 Å². The number of amides is 2. The van der Waals surface area contributed by atoms with Gasteiger partial charge in [0.05, 0.1) is 18.8 Å². The van der Waals surface area contributed by atoms with E-state index in [-0.39, 0.29) is 25.5 Å². The first-order valence-corrected chi connectivity index (χ1v) is 8.82. The van der Waals surface area contributed by atoms with Crippen LogP contribution in [0, 0.1) is 0 Å². The van der Waals surface area contributed by atoms with Crippen molar-refractivity contribution in [1.29, 1.82) is 0 Å². The number of carbonyl (C=O) groups is 2. The summed E-state index contributed by atoms with van der Waals surface area (Å²) in [5, 5.41) is 5.84. The van der Waals surface area contributed by atoms with E-state index in [4.69, 9.17) is 0 Å². The molecule has 1 fully saturated rings. The van der Waals surface area contributed by atoms with Gasteiger partial charge in [-0.1, -0.05) is 30.3 Å². The second-order valence-corrected chi connectivity index (χ2v) is 6.63. The Morgan fingerprint density at radius 3 is 2.26 bits per heavy atom. The second kappa shape index (κ2) is 8.08. The zero-order valence-electron chi connectivity index (χ0n) is 14.8. The lowest BCUT2D eigenvalue weighted by Crippen LogP contribution is -2.51. The zero-order valence-corrected chi connectivity index (χ0v) is 14.8. The topological polar surface area (TPSA) is 56.2 Å². The quantitative estimate of drug-likeness (QED) is 0.797. The number of alkyl halides is 3.